The van der Waals surface area contributed by atoms with Gasteiger partial charge in [0.05, 0.1) is 5.02 Å². The minimum Gasteiger partial charge on any atom is -0.313 e. The van der Waals surface area contributed by atoms with E-state index in [0.717, 1.165) is 15.7 Å². The molecule has 0 fully saturated rings. The Morgan fingerprint density at radius 1 is 1.57 bits per heavy atom. The Kier molecular flexibility index (Phi) is 5.09. The maximum Gasteiger partial charge on any atom is 0.0541 e. The molecule has 0 aliphatic heterocycles. The van der Waals surface area contributed by atoms with Gasteiger partial charge in [0, 0.05) is 16.7 Å². The van der Waals surface area contributed by atoms with E-state index < -0.39 is 0 Å². The number of likely N-dealkylation sites (N-methyl/N-ethyl adjacent to an activating group) is 1. The van der Waals surface area contributed by atoms with E-state index in [1.807, 2.05) is 37.4 Å². The Morgan fingerprint density at radius 3 is 2.86 bits per heavy atom. The molecule has 1 unspecified atom stereocenters. The summed E-state index contributed by atoms with van der Waals surface area (Å²) >= 11 is 7.77. The number of benzene rings is 1. The number of hydrogen-bond acceptors (Lipinski definition) is 2. The van der Waals surface area contributed by atoms with Gasteiger partial charge in [0.25, 0.3) is 0 Å². The average Bonchev–Trinajstić information content (AvgIpc) is 2.22. The van der Waals surface area contributed by atoms with Crippen LogP contribution < -0.4 is 5.32 Å². The third kappa shape index (κ3) is 3.37. The summed E-state index contributed by atoms with van der Waals surface area (Å²) < 4.78 is 0. The number of halogens is 1. The molecule has 1 rings (SSSR count). The van der Waals surface area contributed by atoms with Gasteiger partial charge in [-0.2, -0.15) is 0 Å². The lowest BCUT2D eigenvalue weighted by atomic mass is 10.3. The molecule has 0 aliphatic rings. The monoisotopic (exact) mass is 227 g/mol. The summed E-state index contributed by atoms with van der Waals surface area (Å²) in [7, 11) is 1.93. The highest BCUT2D eigenvalue weighted by atomic mass is 35.5. The van der Waals surface area contributed by atoms with E-state index >= 15 is 0 Å². The zero-order valence-electron chi connectivity index (χ0n) is 8.16. The minimum absolute atomic E-state index is 0.330. The molecule has 1 atom stereocenters. The second kappa shape index (κ2) is 6.12. The van der Waals surface area contributed by atoms with Crippen molar-refractivity contribution in [3.8, 4) is 0 Å². The fourth-order valence-electron chi connectivity index (χ4n) is 1.01. The normalized spacial score (nSPS) is 12.4. The predicted octanol–water partition coefficient (Wildman–Crippen LogP) is 3.21. The molecule has 1 aromatic carbocycles. The molecule has 14 heavy (non-hydrogen) atoms. The highest BCUT2D eigenvalue weighted by molar-refractivity contribution is 7.99. The largest absolute Gasteiger partial charge is 0.313 e. The molecule has 1 aromatic rings. The summed E-state index contributed by atoms with van der Waals surface area (Å²) in [6.07, 6.45) is 1.91. The first-order valence-electron chi connectivity index (χ1n) is 4.45. The Morgan fingerprint density at radius 2 is 2.29 bits per heavy atom. The first-order chi connectivity index (χ1) is 6.77. The molecule has 0 heterocycles. The van der Waals surface area contributed by atoms with Crippen LogP contribution in [-0.4, -0.2) is 18.8 Å². The number of hydrogen-bond donors (Lipinski definition) is 1. The van der Waals surface area contributed by atoms with E-state index in [2.05, 4.69) is 11.9 Å². The topological polar surface area (TPSA) is 12.0 Å². The van der Waals surface area contributed by atoms with Crippen LogP contribution in [0.4, 0.5) is 0 Å². The van der Waals surface area contributed by atoms with Gasteiger partial charge in [0.15, 0.2) is 0 Å². The Labute approximate surface area is 94.5 Å². The zero-order valence-corrected chi connectivity index (χ0v) is 9.74. The van der Waals surface area contributed by atoms with E-state index in [4.69, 9.17) is 11.6 Å². The Balaban J connectivity index is 2.53. The number of nitrogens with one attached hydrogen (secondary N) is 1. The molecule has 0 bridgehead atoms. The quantitative estimate of drug-likeness (QED) is 0.613. The van der Waals surface area contributed by atoms with Crippen molar-refractivity contribution in [2.45, 2.75) is 10.9 Å². The lowest BCUT2D eigenvalue weighted by molar-refractivity contribution is 0.740. The van der Waals surface area contributed by atoms with Crippen LogP contribution in [0.2, 0.25) is 5.02 Å². The van der Waals surface area contributed by atoms with Gasteiger partial charge in [-0.05, 0) is 19.2 Å². The summed E-state index contributed by atoms with van der Waals surface area (Å²) in [4.78, 5) is 1.12. The Hall–Kier alpha value is -0.440. The van der Waals surface area contributed by atoms with Gasteiger partial charge in [-0.3, -0.25) is 0 Å². The highest BCUT2D eigenvalue weighted by Crippen LogP contribution is 2.26. The van der Waals surface area contributed by atoms with E-state index in [1.54, 1.807) is 11.8 Å². The van der Waals surface area contributed by atoms with Crippen molar-refractivity contribution >= 4 is 23.4 Å². The van der Waals surface area contributed by atoms with Crippen molar-refractivity contribution in [2.24, 2.45) is 0 Å². The summed E-state index contributed by atoms with van der Waals surface area (Å²) in [5.74, 6) is 0.948. The predicted molar refractivity (Wildman–Crippen MR) is 65.2 cm³/mol. The van der Waals surface area contributed by atoms with Crippen LogP contribution in [0.5, 0.6) is 0 Å². The van der Waals surface area contributed by atoms with Crippen LogP contribution in [0.15, 0.2) is 41.8 Å². The molecule has 0 aromatic heterocycles. The van der Waals surface area contributed by atoms with Gasteiger partial charge in [-0.15, -0.1) is 18.3 Å². The van der Waals surface area contributed by atoms with Crippen LogP contribution in [0.25, 0.3) is 0 Å². The lowest BCUT2D eigenvalue weighted by Gasteiger charge is -2.10. The van der Waals surface area contributed by atoms with Crippen molar-refractivity contribution < 1.29 is 0 Å². The molecular formula is C11H14ClNS. The maximum absolute atomic E-state index is 6.03. The van der Waals surface area contributed by atoms with Crippen LogP contribution in [0.1, 0.15) is 0 Å². The average molecular weight is 228 g/mol. The molecule has 3 heteroatoms. The number of rotatable bonds is 5. The molecule has 76 valence electrons. The van der Waals surface area contributed by atoms with Gasteiger partial charge in [-0.25, -0.2) is 0 Å². The molecule has 0 radical (unpaired) electrons. The van der Waals surface area contributed by atoms with Crippen molar-refractivity contribution in [3.63, 3.8) is 0 Å². The SMILES string of the molecule is C=CC(CSc1ccccc1Cl)NC. The number of thioether (sulfide) groups is 1. The Bertz CT molecular complexity index is 301. The van der Waals surface area contributed by atoms with E-state index in [9.17, 15) is 0 Å². The van der Waals surface area contributed by atoms with Gasteiger partial charge in [-0.1, -0.05) is 29.8 Å². The molecule has 0 aliphatic carbocycles. The fourth-order valence-corrected chi connectivity index (χ4v) is 2.35. The van der Waals surface area contributed by atoms with E-state index in [1.165, 1.54) is 0 Å². The highest BCUT2D eigenvalue weighted by Gasteiger charge is 2.03. The fraction of sp³-hybridized carbons (Fsp3) is 0.273. The zero-order chi connectivity index (χ0) is 10.4. The minimum atomic E-state index is 0.330. The molecule has 1 nitrogen and oxygen atoms in total. The van der Waals surface area contributed by atoms with Crippen LogP contribution in [0, 0.1) is 0 Å². The van der Waals surface area contributed by atoms with E-state index in [-0.39, 0.29) is 0 Å². The second-order valence-corrected chi connectivity index (χ2v) is 4.34. The van der Waals surface area contributed by atoms with Crippen molar-refractivity contribution in [3.05, 3.63) is 41.9 Å². The summed E-state index contributed by atoms with van der Waals surface area (Å²) in [5.41, 5.74) is 0. The first kappa shape index (κ1) is 11.6. The van der Waals surface area contributed by atoms with Crippen LogP contribution >= 0.6 is 23.4 Å². The molecule has 0 spiro atoms. The van der Waals surface area contributed by atoms with Gasteiger partial charge in [0.2, 0.25) is 0 Å². The summed E-state index contributed by atoms with van der Waals surface area (Å²) in [6.45, 7) is 3.76. The second-order valence-electron chi connectivity index (χ2n) is 2.87. The van der Waals surface area contributed by atoms with Crippen LogP contribution in [0.3, 0.4) is 0 Å². The molecule has 1 N–H and O–H groups in total. The summed E-state index contributed by atoms with van der Waals surface area (Å²) in [6, 6.07) is 8.21. The van der Waals surface area contributed by atoms with Gasteiger partial charge >= 0.3 is 0 Å². The molecule has 0 saturated carbocycles. The maximum atomic E-state index is 6.03. The van der Waals surface area contributed by atoms with Gasteiger partial charge in [0.1, 0.15) is 0 Å². The van der Waals surface area contributed by atoms with Crippen molar-refractivity contribution in [1.29, 1.82) is 0 Å². The third-order valence-corrected chi connectivity index (χ3v) is 3.54. The smallest absolute Gasteiger partial charge is 0.0541 e. The lowest BCUT2D eigenvalue weighted by Crippen LogP contribution is -2.24. The van der Waals surface area contributed by atoms with E-state index in [0.29, 0.717) is 6.04 Å². The van der Waals surface area contributed by atoms with Crippen molar-refractivity contribution in [2.75, 3.05) is 12.8 Å². The van der Waals surface area contributed by atoms with Gasteiger partial charge < -0.3 is 5.32 Å². The van der Waals surface area contributed by atoms with Crippen molar-refractivity contribution in [1.82, 2.24) is 5.32 Å². The molecule has 0 amide bonds. The third-order valence-electron chi connectivity index (χ3n) is 1.91. The summed E-state index contributed by atoms with van der Waals surface area (Å²) in [5, 5.41) is 3.98. The molecular weight excluding hydrogens is 214 g/mol. The standard InChI is InChI=1S/C11H14ClNS/c1-3-9(13-2)8-14-11-7-5-4-6-10(11)12/h3-7,9,13H,1,8H2,2H3. The van der Waals surface area contributed by atoms with Crippen LogP contribution in [-0.2, 0) is 0 Å². The first-order valence-corrected chi connectivity index (χ1v) is 5.81. The molecule has 0 saturated heterocycles.